The van der Waals surface area contributed by atoms with E-state index in [-0.39, 0.29) is 23.1 Å². The van der Waals surface area contributed by atoms with Crippen LogP contribution in [0.1, 0.15) is 44.2 Å². The maximum absolute atomic E-state index is 12.6. The number of amidine groups is 1. The molecule has 8 heteroatoms. The van der Waals surface area contributed by atoms with Crippen molar-refractivity contribution in [1.29, 1.82) is 0 Å². The molecule has 0 spiro atoms. The molecule has 0 aliphatic heterocycles. The minimum Gasteiger partial charge on any atom is -0.380 e. The van der Waals surface area contributed by atoms with Crippen LogP contribution in [0.25, 0.3) is 0 Å². The lowest BCUT2D eigenvalue weighted by molar-refractivity contribution is -0.164. The van der Waals surface area contributed by atoms with Gasteiger partial charge < -0.3 is 10.6 Å². The number of Topliss-reactive ketones (excluding diaryl/α,β-unsaturated/α-hetero) is 1. The summed E-state index contributed by atoms with van der Waals surface area (Å²) >= 11 is 0. The third-order valence-corrected chi connectivity index (χ3v) is 5.98. The Morgan fingerprint density at radius 3 is 2.35 bits per heavy atom. The first-order valence-corrected chi connectivity index (χ1v) is 8.26. The molecule has 0 saturated heterocycles. The fourth-order valence-electron chi connectivity index (χ4n) is 4.21. The van der Waals surface area contributed by atoms with Gasteiger partial charge in [0.15, 0.2) is 11.6 Å². The lowest BCUT2D eigenvalue weighted by atomic mass is 9.69. The molecular formula is C18H19F3N2O3. The summed E-state index contributed by atoms with van der Waals surface area (Å²) in [5.41, 5.74) is 3.34. The van der Waals surface area contributed by atoms with E-state index in [2.05, 4.69) is 5.16 Å². The maximum atomic E-state index is 12.6. The van der Waals surface area contributed by atoms with Crippen LogP contribution in [-0.4, -0.2) is 17.6 Å². The van der Waals surface area contributed by atoms with E-state index in [0.29, 0.717) is 12.8 Å². The van der Waals surface area contributed by atoms with Crippen molar-refractivity contribution in [1.82, 2.24) is 0 Å². The topological polar surface area (TPSA) is 81.8 Å². The molecule has 0 amide bonds. The molecule has 0 unspecified atom stereocenters. The van der Waals surface area contributed by atoms with Gasteiger partial charge in [-0.05, 0) is 36.3 Å². The molecule has 2 bridgehead atoms. The average Bonchev–Trinajstić information content (AvgIpc) is 2.94. The van der Waals surface area contributed by atoms with Gasteiger partial charge in [-0.25, -0.2) is 4.79 Å². The van der Waals surface area contributed by atoms with Crippen LogP contribution in [-0.2, 0) is 20.6 Å². The molecule has 26 heavy (non-hydrogen) atoms. The van der Waals surface area contributed by atoms with E-state index in [1.165, 1.54) is 0 Å². The average molecular weight is 368 g/mol. The first kappa shape index (κ1) is 18.4. The predicted molar refractivity (Wildman–Crippen MR) is 86.8 cm³/mol. The summed E-state index contributed by atoms with van der Waals surface area (Å²) in [7, 11) is 0. The summed E-state index contributed by atoms with van der Waals surface area (Å²) < 4.78 is 37.7. The third kappa shape index (κ3) is 2.59. The smallest absolute Gasteiger partial charge is 0.380 e. The number of nitrogens with zero attached hydrogens (tertiary/aromatic N) is 1. The normalized spacial score (nSPS) is 27.7. The van der Waals surface area contributed by atoms with Gasteiger partial charge in [0.1, 0.15) is 5.41 Å². The number of rotatable bonds is 3. The number of alkyl halides is 3. The van der Waals surface area contributed by atoms with Crippen molar-refractivity contribution in [3.05, 3.63) is 35.4 Å². The minimum absolute atomic E-state index is 0.138. The molecule has 0 heterocycles. The highest BCUT2D eigenvalue weighted by Crippen LogP contribution is 2.64. The zero-order chi connectivity index (χ0) is 19.3. The van der Waals surface area contributed by atoms with Gasteiger partial charge in [0.05, 0.1) is 5.56 Å². The van der Waals surface area contributed by atoms with Gasteiger partial charge in [-0.1, -0.05) is 31.1 Å². The number of ketones is 1. The van der Waals surface area contributed by atoms with Gasteiger partial charge in [0.2, 0.25) is 0 Å². The van der Waals surface area contributed by atoms with Gasteiger partial charge in [0.25, 0.3) is 0 Å². The molecule has 1 aromatic rings. The minimum atomic E-state index is -4.45. The Kier molecular flexibility index (Phi) is 4.12. The van der Waals surface area contributed by atoms with E-state index in [9.17, 15) is 22.8 Å². The van der Waals surface area contributed by atoms with Crippen LogP contribution in [0, 0.1) is 16.7 Å². The Morgan fingerprint density at radius 2 is 1.88 bits per heavy atom. The Morgan fingerprint density at radius 1 is 1.27 bits per heavy atom. The largest absolute Gasteiger partial charge is 0.416 e. The van der Waals surface area contributed by atoms with Crippen LogP contribution >= 0.6 is 0 Å². The molecule has 1 aromatic carbocycles. The highest BCUT2D eigenvalue weighted by Gasteiger charge is 2.69. The zero-order valence-corrected chi connectivity index (χ0v) is 14.4. The number of nitrogens with two attached hydrogens (primary N) is 1. The standard InChI is InChI=1S/C18H19F3N2O3/c1-16(2)12-7-8-17(16,13(24)9-12)15(25)26-23-14(22)10-3-5-11(6-4-10)18(19,20)21/h3-6,12H,7-9H2,1-2H3,(H2,22,23)/t12-,17+/m1/s1. The third-order valence-electron chi connectivity index (χ3n) is 5.98. The second-order valence-corrected chi connectivity index (χ2v) is 7.42. The number of benzene rings is 1. The SMILES string of the molecule is CC1(C)[C@@H]2CC[C@@]1(C(=O)O/N=C(\N)c1ccc(C(F)(F)F)cc1)C(=O)C2. The second-order valence-electron chi connectivity index (χ2n) is 7.42. The van der Waals surface area contributed by atoms with Crippen LogP contribution in [0.2, 0.25) is 0 Å². The fraction of sp³-hybridized carbons (Fsp3) is 0.500. The number of halogens is 3. The molecule has 3 rings (SSSR count). The van der Waals surface area contributed by atoms with E-state index >= 15 is 0 Å². The van der Waals surface area contributed by atoms with Crippen LogP contribution < -0.4 is 5.73 Å². The molecule has 2 aliphatic carbocycles. The maximum Gasteiger partial charge on any atom is 0.416 e. The Labute approximate surface area is 148 Å². The van der Waals surface area contributed by atoms with Crippen LogP contribution in [0.3, 0.4) is 0 Å². The van der Waals surface area contributed by atoms with E-state index in [1.54, 1.807) is 0 Å². The lowest BCUT2D eigenvalue weighted by Gasteiger charge is -2.32. The molecule has 2 aliphatic rings. The predicted octanol–water partition coefficient (Wildman–Crippen LogP) is 3.26. The van der Waals surface area contributed by atoms with Crippen molar-refractivity contribution in [2.75, 3.05) is 0 Å². The van der Waals surface area contributed by atoms with E-state index < -0.39 is 28.5 Å². The van der Waals surface area contributed by atoms with Crippen molar-refractivity contribution >= 4 is 17.6 Å². The lowest BCUT2D eigenvalue weighted by Crippen LogP contribution is -2.44. The monoisotopic (exact) mass is 368 g/mol. The van der Waals surface area contributed by atoms with Crippen molar-refractivity contribution in [3.8, 4) is 0 Å². The number of hydrogen-bond donors (Lipinski definition) is 1. The highest BCUT2D eigenvalue weighted by atomic mass is 19.4. The molecule has 2 saturated carbocycles. The van der Waals surface area contributed by atoms with Gasteiger partial charge in [-0.15, -0.1) is 0 Å². The van der Waals surface area contributed by atoms with Crippen LogP contribution in [0.15, 0.2) is 29.4 Å². The van der Waals surface area contributed by atoms with E-state index in [0.717, 1.165) is 30.7 Å². The fourth-order valence-corrected chi connectivity index (χ4v) is 4.21. The first-order chi connectivity index (χ1) is 12.0. The van der Waals surface area contributed by atoms with Crippen LogP contribution in [0.5, 0.6) is 0 Å². The zero-order valence-electron chi connectivity index (χ0n) is 14.4. The molecule has 0 aromatic heterocycles. The van der Waals surface area contributed by atoms with Crippen LogP contribution in [0.4, 0.5) is 13.2 Å². The molecular weight excluding hydrogens is 349 g/mol. The Bertz CT molecular complexity index is 784. The van der Waals surface area contributed by atoms with Crippen molar-refractivity contribution in [3.63, 3.8) is 0 Å². The van der Waals surface area contributed by atoms with Gasteiger partial charge in [-0.3, -0.25) is 4.79 Å². The van der Waals surface area contributed by atoms with Gasteiger partial charge in [0, 0.05) is 12.0 Å². The molecule has 0 radical (unpaired) electrons. The number of fused-ring (bicyclic) bond motifs is 2. The summed E-state index contributed by atoms with van der Waals surface area (Å²) in [5.74, 6) is -0.991. The van der Waals surface area contributed by atoms with E-state index in [4.69, 9.17) is 10.6 Å². The molecule has 2 N–H and O–H groups in total. The van der Waals surface area contributed by atoms with Crippen molar-refractivity contribution in [2.45, 2.75) is 39.3 Å². The Balaban J connectivity index is 1.77. The molecule has 2 fully saturated rings. The summed E-state index contributed by atoms with van der Waals surface area (Å²) in [4.78, 5) is 29.9. The number of hydrogen-bond acceptors (Lipinski definition) is 4. The van der Waals surface area contributed by atoms with Crippen molar-refractivity contribution in [2.24, 2.45) is 27.6 Å². The summed E-state index contributed by atoms with van der Waals surface area (Å²) in [5, 5.41) is 3.55. The molecule has 5 nitrogen and oxygen atoms in total. The summed E-state index contributed by atoms with van der Waals surface area (Å²) in [6, 6.07) is 4.01. The van der Waals surface area contributed by atoms with Crippen molar-refractivity contribution < 1.29 is 27.6 Å². The highest BCUT2D eigenvalue weighted by molar-refractivity contribution is 6.08. The summed E-state index contributed by atoms with van der Waals surface area (Å²) in [6.07, 6.45) is -2.92. The van der Waals surface area contributed by atoms with Gasteiger partial charge in [-0.2, -0.15) is 13.2 Å². The number of carbonyl (C=O) groups excluding carboxylic acids is 2. The molecule has 140 valence electrons. The quantitative estimate of drug-likeness (QED) is 0.292. The summed E-state index contributed by atoms with van der Waals surface area (Å²) in [6.45, 7) is 3.75. The van der Waals surface area contributed by atoms with E-state index in [1.807, 2.05) is 13.8 Å². The number of oxime groups is 1. The Hall–Kier alpha value is -2.38. The second kappa shape index (κ2) is 5.82. The number of carbonyl (C=O) groups is 2. The van der Waals surface area contributed by atoms with Gasteiger partial charge >= 0.3 is 12.1 Å². The molecule has 2 atom stereocenters. The first-order valence-electron chi connectivity index (χ1n) is 8.26.